The number of rotatable bonds is 6. The summed E-state index contributed by atoms with van der Waals surface area (Å²) in [4.78, 5) is 13.8. The Morgan fingerprint density at radius 1 is 1.25 bits per heavy atom. The maximum atomic E-state index is 11.5. The van der Waals surface area contributed by atoms with Crippen molar-refractivity contribution < 1.29 is 4.79 Å². The van der Waals surface area contributed by atoms with E-state index in [0.29, 0.717) is 6.54 Å². The summed E-state index contributed by atoms with van der Waals surface area (Å²) in [5, 5.41) is 16.0. The Bertz CT molecular complexity index is 984. The average molecular weight is 379 g/mol. The summed E-state index contributed by atoms with van der Waals surface area (Å²) < 4.78 is 1.73. The van der Waals surface area contributed by atoms with Crippen molar-refractivity contribution in [3.05, 3.63) is 53.3 Å². The van der Waals surface area contributed by atoms with Crippen molar-refractivity contribution in [1.29, 1.82) is 0 Å². The lowest BCUT2D eigenvalue weighted by molar-refractivity contribution is -0.123. The third kappa shape index (κ3) is 4.12. The van der Waals surface area contributed by atoms with E-state index in [0.717, 1.165) is 49.8 Å². The second-order valence-electron chi connectivity index (χ2n) is 7.39. The molecule has 1 saturated heterocycles. The number of hydrogen-bond acceptors (Lipinski definition) is 6. The summed E-state index contributed by atoms with van der Waals surface area (Å²) in [7, 11) is 0. The van der Waals surface area contributed by atoms with Crippen LogP contribution in [0.25, 0.3) is 5.65 Å². The number of nitrogens with one attached hydrogen (secondary N) is 1. The van der Waals surface area contributed by atoms with Crippen LogP contribution in [0.3, 0.4) is 0 Å². The fourth-order valence-electron chi connectivity index (χ4n) is 3.71. The normalized spacial score (nSPS) is 17.7. The number of anilines is 1. The number of aryl methyl sites for hydroxylation is 1. The number of aromatic nitrogens is 4. The number of primary amides is 1. The van der Waals surface area contributed by atoms with Gasteiger partial charge in [-0.05, 0) is 49.6 Å². The van der Waals surface area contributed by atoms with Gasteiger partial charge in [0.1, 0.15) is 5.82 Å². The largest absolute Gasteiger partial charge is 0.369 e. The summed E-state index contributed by atoms with van der Waals surface area (Å²) in [6.07, 6.45) is 1.92. The van der Waals surface area contributed by atoms with Gasteiger partial charge in [-0.3, -0.25) is 9.69 Å². The van der Waals surface area contributed by atoms with E-state index in [1.165, 1.54) is 11.1 Å². The van der Waals surface area contributed by atoms with Crippen LogP contribution in [0.4, 0.5) is 5.82 Å². The second kappa shape index (κ2) is 7.93. The number of nitrogens with zero attached hydrogens (tertiary/aromatic N) is 5. The van der Waals surface area contributed by atoms with E-state index < -0.39 is 0 Å². The van der Waals surface area contributed by atoms with E-state index >= 15 is 0 Å². The van der Waals surface area contributed by atoms with Gasteiger partial charge in [0, 0.05) is 19.6 Å². The molecule has 1 aliphatic heterocycles. The molecule has 146 valence electrons. The van der Waals surface area contributed by atoms with Crippen molar-refractivity contribution in [2.24, 2.45) is 11.7 Å². The SMILES string of the molecule is Cc1nnc2ccc(NCc3cccc(CN4CCCC(C(N)=O)C4)c3)nn12. The molecule has 1 aromatic carbocycles. The molecule has 0 bridgehead atoms. The second-order valence-corrected chi connectivity index (χ2v) is 7.39. The van der Waals surface area contributed by atoms with E-state index in [2.05, 4.69) is 49.8 Å². The lowest BCUT2D eigenvalue weighted by Gasteiger charge is -2.31. The van der Waals surface area contributed by atoms with E-state index in [1.807, 2.05) is 19.1 Å². The number of hydrogen-bond donors (Lipinski definition) is 2. The summed E-state index contributed by atoms with van der Waals surface area (Å²) in [5.41, 5.74) is 8.65. The number of fused-ring (bicyclic) bond motifs is 1. The van der Waals surface area contributed by atoms with Crippen LogP contribution >= 0.6 is 0 Å². The highest BCUT2D eigenvalue weighted by Crippen LogP contribution is 2.19. The molecular weight excluding hydrogens is 354 g/mol. The van der Waals surface area contributed by atoms with Gasteiger partial charge in [0.2, 0.25) is 5.91 Å². The molecule has 4 rings (SSSR count). The maximum Gasteiger partial charge on any atom is 0.221 e. The molecule has 0 aliphatic carbocycles. The van der Waals surface area contributed by atoms with Gasteiger partial charge in [-0.25, -0.2) is 0 Å². The van der Waals surface area contributed by atoms with Crippen LogP contribution < -0.4 is 11.1 Å². The van der Waals surface area contributed by atoms with Crippen LogP contribution in [0.15, 0.2) is 36.4 Å². The standard InChI is InChI=1S/C20H25N7O/c1-14-23-24-19-8-7-18(25-27(14)19)22-11-15-4-2-5-16(10-15)12-26-9-3-6-17(13-26)20(21)28/h2,4-5,7-8,10,17H,3,6,9,11-13H2,1H3,(H2,21,28)(H,22,25). The quantitative estimate of drug-likeness (QED) is 0.676. The Balaban J connectivity index is 1.39. The van der Waals surface area contributed by atoms with Gasteiger partial charge in [0.25, 0.3) is 0 Å². The van der Waals surface area contributed by atoms with Crippen LogP contribution in [0.5, 0.6) is 0 Å². The highest BCUT2D eigenvalue weighted by atomic mass is 16.1. The van der Waals surface area contributed by atoms with Gasteiger partial charge in [-0.2, -0.15) is 4.52 Å². The van der Waals surface area contributed by atoms with E-state index in [1.54, 1.807) is 4.52 Å². The molecule has 8 nitrogen and oxygen atoms in total. The molecule has 1 unspecified atom stereocenters. The number of likely N-dealkylation sites (tertiary alicyclic amines) is 1. The summed E-state index contributed by atoms with van der Waals surface area (Å²) in [6, 6.07) is 12.3. The van der Waals surface area contributed by atoms with E-state index in [-0.39, 0.29) is 11.8 Å². The minimum atomic E-state index is -0.185. The summed E-state index contributed by atoms with van der Waals surface area (Å²) in [6.45, 7) is 5.15. The van der Waals surface area contributed by atoms with Gasteiger partial charge < -0.3 is 11.1 Å². The van der Waals surface area contributed by atoms with Crippen LogP contribution in [0.2, 0.25) is 0 Å². The molecule has 3 N–H and O–H groups in total. The molecule has 8 heteroatoms. The Morgan fingerprint density at radius 3 is 2.96 bits per heavy atom. The minimum Gasteiger partial charge on any atom is -0.369 e. The molecule has 2 aromatic heterocycles. The number of benzene rings is 1. The third-order valence-corrected chi connectivity index (χ3v) is 5.20. The Morgan fingerprint density at radius 2 is 2.11 bits per heavy atom. The molecule has 1 fully saturated rings. The highest BCUT2D eigenvalue weighted by molar-refractivity contribution is 5.76. The van der Waals surface area contributed by atoms with Gasteiger partial charge >= 0.3 is 0 Å². The van der Waals surface area contributed by atoms with Crippen molar-refractivity contribution in [1.82, 2.24) is 24.7 Å². The van der Waals surface area contributed by atoms with Crippen LogP contribution in [-0.2, 0) is 17.9 Å². The number of nitrogens with two attached hydrogens (primary N) is 1. The van der Waals surface area contributed by atoms with Gasteiger partial charge in [-0.15, -0.1) is 15.3 Å². The molecule has 1 amide bonds. The fraction of sp³-hybridized carbons (Fsp3) is 0.400. The molecule has 1 atom stereocenters. The predicted molar refractivity (Wildman–Crippen MR) is 106 cm³/mol. The summed E-state index contributed by atoms with van der Waals surface area (Å²) in [5.74, 6) is 1.33. The van der Waals surface area contributed by atoms with Crippen LogP contribution in [0.1, 0.15) is 29.8 Å². The highest BCUT2D eigenvalue weighted by Gasteiger charge is 2.23. The van der Waals surface area contributed by atoms with E-state index in [4.69, 9.17) is 5.73 Å². The van der Waals surface area contributed by atoms with Crippen LogP contribution in [0, 0.1) is 12.8 Å². The topological polar surface area (TPSA) is 101 Å². The lowest BCUT2D eigenvalue weighted by atomic mass is 9.97. The zero-order valence-electron chi connectivity index (χ0n) is 16.0. The van der Waals surface area contributed by atoms with Crippen molar-refractivity contribution in [2.45, 2.75) is 32.9 Å². The van der Waals surface area contributed by atoms with Crippen molar-refractivity contribution >= 4 is 17.4 Å². The molecule has 0 radical (unpaired) electrons. The monoisotopic (exact) mass is 379 g/mol. The molecule has 0 spiro atoms. The first-order valence-corrected chi connectivity index (χ1v) is 9.61. The molecule has 3 heterocycles. The zero-order chi connectivity index (χ0) is 19.5. The third-order valence-electron chi connectivity index (χ3n) is 5.20. The lowest BCUT2D eigenvalue weighted by Crippen LogP contribution is -2.40. The number of piperidine rings is 1. The van der Waals surface area contributed by atoms with Gasteiger partial charge in [0.05, 0.1) is 5.92 Å². The number of amides is 1. The predicted octanol–water partition coefficient (Wildman–Crippen LogP) is 1.74. The first-order valence-electron chi connectivity index (χ1n) is 9.61. The smallest absolute Gasteiger partial charge is 0.221 e. The maximum absolute atomic E-state index is 11.5. The zero-order valence-corrected chi connectivity index (χ0v) is 16.0. The number of carbonyl (C=O) groups excluding carboxylic acids is 1. The molecule has 1 aliphatic rings. The Hall–Kier alpha value is -3.00. The number of carbonyl (C=O) groups is 1. The first-order chi connectivity index (χ1) is 13.6. The van der Waals surface area contributed by atoms with Gasteiger partial charge in [0.15, 0.2) is 11.5 Å². The van der Waals surface area contributed by atoms with E-state index in [9.17, 15) is 4.79 Å². The van der Waals surface area contributed by atoms with Crippen molar-refractivity contribution in [3.63, 3.8) is 0 Å². The first kappa shape index (κ1) is 18.4. The Labute approximate surface area is 163 Å². The van der Waals surface area contributed by atoms with Crippen molar-refractivity contribution in [3.8, 4) is 0 Å². The summed E-state index contributed by atoms with van der Waals surface area (Å²) >= 11 is 0. The Kier molecular flexibility index (Phi) is 5.21. The fourth-order valence-corrected chi connectivity index (χ4v) is 3.71. The van der Waals surface area contributed by atoms with Crippen molar-refractivity contribution in [2.75, 3.05) is 18.4 Å². The van der Waals surface area contributed by atoms with Crippen LogP contribution in [-0.4, -0.2) is 43.7 Å². The minimum absolute atomic E-state index is 0.0271. The molecule has 3 aromatic rings. The molecular formula is C20H25N7O. The van der Waals surface area contributed by atoms with Gasteiger partial charge in [-0.1, -0.05) is 24.3 Å². The average Bonchev–Trinajstić information content (AvgIpc) is 3.07. The molecule has 28 heavy (non-hydrogen) atoms. The molecule has 0 saturated carbocycles.